The molecule has 0 saturated heterocycles. The Morgan fingerprint density at radius 3 is 2.71 bits per heavy atom. The van der Waals surface area contributed by atoms with Crippen LogP contribution < -0.4 is 10.1 Å². The van der Waals surface area contributed by atoms with Crippen molar-refractivity contribution in [3.05, 3.63) is 24.3 Å². The number of hydrogen-bond acceptors (Lipinski definition) is 4. The van der Waals surface area contributed by atoms with Crippen molar-refractivity contribution in [1.82, 2.24) is 4.90 Å². The largest absolute Gasteiger partial charge is 0.494 e. The van der Waals surface area contributed by atoms with E-state index >= 15 is 0 Å². The Bertz CT molecular complexity index is 414. The van der Waals surface area contributed by atoms with Crippen LogP contribution >= 0.6 is 12.4 Å². The first-order valence-electron chi connectivity index (χ1n) is 6.93. The smallest absolute Gasteiger partial charge is 0.411 e. The monoisotopic (exact) mass is 316 g/mol. The number of likely N-dealkylation sites (N-methyl/N-ethyl adjacent to an activating group) is 1. The quantitative estimate of drug-likeness (QED) is 0.747. The number of rotatable bonds is 8. The lowest BCUT2D eigenvalue weighted by Crippen LogP contribution is -2.22. The Morgan fingerprint density at radius 2 is 2.05 bits per heavy atom. The molecule has 0 heterocycles. The Morgan fingerprint density at radius 1 is 1.29 bits per heavy atom. The maximum Gasteiger partial charge on any atom is 0.411 e. The Hall–Kier alpha value is -1.46. The second kappa shape index (κ2) is 11.2. The molecule has 120 valence electrons. The van der Waals surface area contributed by atoms with Crippen molar-refractivity contribution in [1.29, 1.82) is 0 Å². The first-order valence-corrected chi connectivity index (χ1v) is 6.93. The molecule has 0 spiro atoms. The molecule has 0 aromatic heterocycles. The van der Waals surface area contributed by atoms with Crippen LogP contribution in [-0.4, -0.2) is 44.8 Å². The van der Waals surface area contributed by atoms with Gasteiger partial charge in [-0.15, -0.1) is 12.4 Å². The summed E-state index contributed by atoms with van der Waals surface area (Å²) in [5.41, 5.74) is 0.675. The first kappa shape index (κ1) is 19.5. The van der Waals surface area contributed by atoms with Crippen LogP contribution in [0.2, 0.25) is 0 Å². The zero-order valence-electron chi connectivity index (χ0n) is 12.9. The number of ether oxygens (including phenoxy) is 2. The number of benzene rings is 1. The fraction of sp³-hybridized carbons (Fsp3) is 0.533. The third kappa shape index (κ3) is 9.15. The fourth-order valence-electron chi connectivity index (χ4n) is 1.47. The van der Waals surface area contributed by atoms with E-state index in [1.807, 2.05) is 31.1 Å². The van der Waals surface area contributed by atoms with Crippen molar-refractivity contribution in [2.24, 2.45) is 0 Å². The molecule has 0 atom stereocenters. The average Bonchev–Trinajstić information content (AvgIpc) is 2.39. The van der Waals surface area contributed by atoms with Crippen LogP contribution in [0, 0.1) is 0 Å². The van der Waals surface area contributed by atoms with E-state index in [0.717, 1.165) is 18.6 Å². The SMILES string of the molecule is CCCCOc1cccc(NC(=O)OCCN(C)C)c1.Cl. The number of nitrogens with zero attached hydrogens (tertiary/aromatic N) is 1. The van der Waals surface area contributed by atoms with Gasteiger partial charge in [0.25, 0.3) is 0 Å². The van der Waals surface area contributed by atoms with Crippen molar-refractivity contribution in [3.8, 4) is 5.75 Å². The molecular formula is C15H25ClN2O3. The number of carbonyl (C=O) groups is 1. The minimum absolute atomic E-state index is 0. The molecule has 1 rings (SSSR count). The topological polar surface area (TPSA) is 50.8 Å². The summed E-state index contributed by atoms with van der Waals surface area (Å²) in [5.74, 6) is 0.754. The summed E-state index contributed by atoms with van der Waals surface area (Å²) in [6, 6.07) is 7.32. The first-order chi connectivity index (χ1) is 9.61. The summed E-state index contributed by atoms with van der Waals surface area (Å²) in [6.07, 6.45) is 1.66. The van der Waals surface area contributed by atoms with Crippen LogP contribution in [0.4, 0.5) is 10.5 Å². The molecule has 5 nitrogen and oxygen atoms in total. The molecule has 1 aromatic rings. The van der Waals surface area contributed by atoms with Crippen LogP contribution in [0.3, 0.4) is 0 Å². The normalized spacial score (nSPS) is 9.90. The van der Waals surface area contributed by atoms with Gasteiger partial charge in [-0.2, -0.15) is 0 Å². The van der Waals surface area contributed by atoms with E-state index in [0.29, 0.717) is 25.4 Å². The van der Waals surface area contributed by atoms with E-state index in [-0.39, 0.29) is 12.4 Å². The van der Waals surface area contributed by atoms with Gasteiger partial charge in [-0.3, -0.25) is 5.32 Å². The summed E-state index contributed by atoms with van der Waals surface area (Å²) in [4.78, 5) is 13.5. The van der Waals surface area contributed by atoms with Crippen molar-refractivity contribution >= 4 is 24.2 Å². The third-order valence-electron chi connectivity index (χ3n) is 2.62. The lowest BCUT2D eigenvalue weighted by atomic mass is 10.3. The van der Waals surface area contributed by atoms with Gasteiger partial charge in [0, 0.05) is 18.3 Å². The number of amides is 1. The Labute approximate surface area is 133 Å². The highest BCUT2D eigenvalue weighted by molar-refractivity contribution is 5.85. The summed E-state index contributed by atoms with van der Waals surface area (Å²) in [7, 11) is 3.86. The molecule has 1 amide bonds. The molecule has 0 fully saturated rings. The lowest BCUT2D eigenvalue weighted by Gasteiger charge is -2.11. The van der Waals surface area contributed by atoms with E-state index in [2.05, 4.69) is 12.2 Å². The minimum Gasteiger partial charge on any atom is -0.494 e. The molecule has 0 aliphatic rings. The van der Waals surface area contributed by atoms with Gasteiger partial charge in [0.2, 0.25) is 0 Å². The minimum atomic E-state index is -0.447. The summed E-state index contributed by atoms with van der Waals surface area (Å²) < 4.78 is 10.6. The second-order valence-corrected chi connectivity index (χ2v) is 4.79. The lowest BCUT2D eigenvalue weighted by molar-refractivity contribution is 0.151. The van der Waals surface area contributed by atoms with Crippen molar-refractivity contribution in [2.45, 2.75) is 19.8 Å². The standard InChI is InChI=1S/C15H24N2O3.ClH/c1-4-5-10-19-14-8-6-7-13(12-14)16-15(18)20-11-9-17(2)3;/h6-8,12H,4-5,9-11H2,1-3H3,(H,16,18);1H. The van der Waals surface area contributed by atoms with Gasteiger partial charge in [-0.25, -0.2) is 4.79 Å². The molecule has 0 aliphatic carbocycles. The molecule has 0 saturated carbocycles. The summed E-state index contributed by atoms with van der Waals surface area (Å²) in [6.45, 7) is 3.87. The van der Waals surface area contributed by atoms with E-state index in [9.17, 15) is 4.79 Å². The highest BCUT2D eigenvalue weighted by Gasteiger charge is 2.04. The van der Waals surface area contributed by atoms with E-state index in [1.165, 1.54) is 0 Å². The highest BCUT2D eigenvalue weighted by atomic mass is 35.5. The highest BCUT2D eigenvalue weighted by Crippen LogP contribution is 2.17. The molecule has 6 heteroatoms. The number of nitrogens with one attached hydrogen (secondary N) is 1. The molecule has 1 N–H and O–H groups in total. The zero-order chi connectivity index (χ0) is 14.8. The van der Waals surface area contributed by atoms with Crippen LogP contribution in [0.1, 0.15) is 19.8 Å². The maximum atomic E-state index is 11.6. The van der Waals surface area contributed by atoms with Gasteiger partial charge in [0.05, 0.1) is 6.61 Å². The fourth-order valence-corrected chi connectivity index (χ4v) is 1.47. The van der Waals surface area contributed by atoms with Gasteiger partial charge in [-0.1, -0.05) is 19.4 Å². The maximum absolute atomic E-state index is 11.6. The third-order valence-corrected chi connectivity index (χ3v) is 2.62. The summed E-state index contributed by atoms with van der Waals surface area (Å²) in [5, 5.41) is 2.69. The number of unbranched alkanes of at least 4 members (excludes halogenated alkanes) is 1. The van der Waals surface area contributed by atoms with Gasteiger partial charge in [0.1, 0.15) is 12.4 Å². The Kier molecular flexibility index (Phi) is 10.4. The van der Waals surface area contributed by atoms with Gasteiger partial charge in [0.15, 0.2) is 0 Å². The predicted octanol–water partition coefficient (Wildman–Crippen LogP) is 3.40. The number of hydrogen-bond donors (Lipinski definition) is 1. The molecule has 0 aliphatic heterocycles. The average molecular weight is 317 g/mol. The van der Waals surface area contributed by atoms with Crippen LogP contribution in [0.25, 0.3) is 0 Å². The predicted molar refractivity (Wildman–Crippen MR) is 87.6 cm³/mol. The van der Waals surface area contributed by atoms with Crippen molar-refractivity contribution < 1.29 is 14.3 Å². The van der Waals surface area contributed by atoms with E-state index in [1.54, 1.807) is 12.1 Å². The molecule has 1 aromatic carbocycles. The zero-order valence-corrected chi connectivity index (χ0v) is 13.7. The van der Waals surface area contributed by atoms with Crippen molar-refractivity contribution in [2.75, 3.05) is 39.2 Å². The van der Waals surface area contributed by atoms with E-state index in [4.69, 9.17) is 9.47 Å². The van der Waals surface area contributed by atoms with Crippen LogP contribution in [0.15, 0.2) is 24.3 Å². The second-order valence-electron chi connectivity index (χ2n) is 4.79. The van der Waals surface area contributed by atoms with Gasteiger partial charge in [-0.05, 0) is 32.6 Å². The van der Waals surface area contributed by atoms with Crippen LogP contribution in [-0.2, 0) is 4.74 Å². The van der Waals surface area contributed by atoms with Crippen LogP contribution in [0.5, 0.6) is 5.75 Å². The number of carbonyl (C=O) groups excluding carboxylic acids is 1. The Balaban J connectivity index is 0.00000400. The van der Waals surface area contributed by atoms with Gasteiger partial charge >= 0.3 is 6.09 Å². The van der Waals surface area contributed by atoms with E-state index < -0.39 is 6.09 Å². The van der Waals surface area contributed by atoms with Crippen molar-refractivity contribution in [3.63, 3.8) is 0 Å². The number of halogens is 1. The molecular weight excluding hydrogens is 292 g/mol. The molecule has 0 radical (unpaired) electrons. The molecule has 0 bridgehead atoms. The molecule has 0 unspecified atom stereocenters. The number of anilines is 1. The van der Waals surface area contributed by atoms with Gasteiger partial charge < -0.3 is 14.4 Å². The molecule has 21 heavy (non-hydrogen) atoms. The summed E-state index contributed by atoms with van der Waals surface area (Å²) >= 11 is 0.